The lowest BCUT2D eigenvalue weighted by Crippen LogP contribution is -2.66. The first-order chi connectivity index (χ1) is 28.8. The van der Waals surface area contributed by atoms with E-state index in [1.54, 1.807) is 6.08 Å². The highest BCUT2D eigenvalue weighted by Gasteiger charge is 2.53. The number of aliphatic hydroxyl groups excluding tert-OH is 11. The van der Waals surface area contributed by atoms with Crippen molar-refractivity contribution < 1.29 is 89.4 Å². The normalized spacial score (nSPS) is 36.3. The second-order valence-electron chi connectivity index (χ2n) is 15.4. The molecule has 0 aromatic heterocycles. The number of hydrogen-bond acceptors (Lipinski definition) is 18. The lowest BCUT2D eigenvalue weighted by atomic mass is 9.96. The molecule has 3 rings (SSSR count). The molecule has 19 heteroatoms. The summed E-state index contributed by atoms with van der Waals surface area (Å²) in [7, 11) is 0. The number of unbranched alkanes of at least 4 members (excludes halogenated alkanes) is 6. The van der Waals surface area contributed by atoms with Crippen molar-refractivity contribution in [2.24, 2.45) is 0 Å². The molecule has 60 heavy (non-hydrogen) atoms. The van der Waals surface area contributed by atoms with E-state index in [-0.39, 0.29) is 18.9 Å². The quantitative estimate of drug-likeness (QED) is 0.0341. The molecule has 17 atom stereocenters. The van der Waals surface area contributed by atoms with Gasteiger partial charge in [0.1, 0.15) is 73.2 Å². The van der Waals surface area contributed by atoms with Gasteiger partial charge >= 0.3 is 0 Å². The van der Waals surface area contributed by atoms with Gasteiger partial charge in [-0.05, 0) is 44.9 Å². The summed E-state index contributed by atoms with van der Waals surface area (Å²) in [6.07, 6.45) is -4.78. The minimum atomic E-state index is -1.98. The zero-order valence-corrected chi connectivity index (χ0v) is 34.7. The van der Waals surface area contributed by atoms with Gasteiger partial charge in [0, 0.05) is 6.42 Å². The minimum Gasteiger partial charge on any atom is -0.394 e. The van der Waals surface area contributed by atoms with E-state index in [0.29, 0.717) is 12.8 Å². The molecule has 3 saturated heterocycles. The van der Waals surface area contributed by atoms with Crippen molar-refractivity contribution in [3.63, 3.8) is 0 Å². The van der Waals surface area contributed by atoms with Gasteiger partial charge in [-0.25, -0.2) is 0 Å². The van der Waals surface area contributed by atoms with Crippen molar-refractivity contribution in [2.75, 3.05) is 26.4 Å². The van der Waals surface area contributed by atoms with Gasteiger partial charge in [-0.2, -0.15) is 0 Å². The number of hydrogen-bond donors (Lipinski definition) is 12. The van der Waals surface area contributed by atoms with Crippen LogP contribution in [-0.2, 0) is 33.2 Å². The first-order valence-electron chi connectivity index (χ1n) is 21.2. The minimum absolute atomic E-state index is 0.181. The maximum Gasteiger partial charge on any atom is 0.220 e. The van der Waals surface area contributed by atoms with E-state index in [1.165, 1.54) is 31.8 Å². The van der Waals surface area contributed by atoms with Gasteiger partial charge in [-0.3, -0.25) is 4.79 Å². The molecule has 0 bridgehead atoms. The number of ether oxygens (including phenoxy) is 6. The average molecular weight is 866 g/mol. The van der Waals surface area contributed by atoms with Crippen LogP contribution in [0.15, 0.2) is 36.5 Å². The van der Waals surface area contributed by atoms with Crippen molar-refractivity contribution in [1.29, 1.82) is 0 Å². The zero-order chi connectivity index (χ0) is 44.2. The maximum atomic E-state index is 12.5. The van der Waals surface area contributed by atoms with Gasteiger partial charge in [0.05, 0.1) is 38.6 Å². The van der Waals surface area contributed by atoms with Gasteiger partial charge in [-0.15, -0.1) is 0 Å². The number of carbonyl (C=O) groups excluding carboxylic acids is 1. The number of allylic oxidation sites excluding steroid dienone is 5. The molecule has 19 nitrogen and oxygen atoms in total. The molecule has 0 aromatic rings. The fraction of sp³-hybridized carbons (Fsp3) is 0.829. The van der Waals surface area contributed by atoms with Crippen molar-refractivity contribution in [1.82, 2.24) is 5.32 Å². The summed E-state index contributed by atoms with van der Waals surface area (Å²) in [6, 6.07) is -0.986. The van der Waals surface area contributed by atoms with Crippen LogP contribution in [-0.4, -0.2) is 193 Å². The van der Waals surface area contributed by atoms with Crippen molar-refractivity contribution in [3.05, 3.63) is 36.5 Å². The van der Waals surface area contributed by atoms with E-state index in [9.17, 15) is 61.0 Å². The van der Waals surface area contributed by atoms with E-state index < -0.39 is 124 Å². The summed E-state index contributed by atoms with van der Waals surface area (Å²) >= 11 is 0. The summed E-state index contributed by atoms with van der Waals surface area (Å²) in [5.41, 5.74) is 0. The van der Waals surface area contributed by atoms with Gasteiger partial charge in [-0.1, -0.05) is 69.6 Å². The Morgan fingerprint density at radius 2 is 1.07 bits per heavy atom. The van der Waals surface area contributed by atoms with Gasteiger partial charge in [0.25, 0.3) is 0 Å². The maximum absolute atomic E-state index is 12.5. The van der Waals surface area contributed by atoms with Crippen LogP contribution in [0, 0.1) is 0 Å². The SMILES string of the molecule is CCCCCC/C=C/CC/C=C/CC/C=C/C(O)C(COC1OC(CO)C(OC2OC(CO)C(OC3OC(CO)C(O)C(O)C3O)C(O)C2O)C(O)C1O)NC(=O)CCC. The summed E-state index contributed by atoms with van der Waals surface area (Å²) in [4.78, 5) is 12.5. The third-order valence-corrected chi connectivity index (χ3v) is 10.6. The van der Waals surface area contributed by atoms with Crippen LogP contribution in [0.25, 0.3) is 0 Å². The highest BCUT2D eigenvalue weighted by Crippen LogP contribution is 2.32. The molecule has 0 aromatic carbocycles. The van der Waals surface area contributed by atoms with Crippen LogP contribution in [0.2, 0.25) is 0 Å². The molecule has 348 valence electrons. The highest BCUT2D eigenvalue weighted by atomic mass is 16.8. The molecule has 0 spiro atoms. The standard InChI is InChI=1S/C41H71NO18/c1-3-5-6-7-8-9-10-11-12-13-14-15-16-17-19-25(46)24(42-29(47)18-4-2)23-55-39-35(53)32(50)37(27(21-44)57-39)60-41-36(54)33(51)38(28(22-45)58-41)59-40-34(52)31(49)30(48)26(20-43)56-40/h9-10,13-14,17,19,24-28,30-41,43-46,48-54H,3-8,11-12,15-16,18,20-23H2,1-2H3,(H,42,47)/b10-9+,14-13+,19-17+. The molecule has 3 aliphatic heterocycles. The topological polar surface area (TPSA) is 307 Å². The summed E-state index contributed by atoms with van der Waals surface area (Å²) < 4.78 is 33.6. The zero-order valence-electron chi connectivity index (χ0n) is 34.7. The van der Waals surface area contributed by atoms with Crippen LogP contribution >= 0.6 is 0 Å². The molecule has 3 fully saturated rings. The van der Waals surface area contributed by atoms with Crippen LogP contribution in [0.5, 0.6) is 0 Å². The Balaban J connectivity index is 1.56. The molecule has 0 saturated carbocycles. The predicted molar refractivity (Wildman–Crippen MR) is 212 cm³/mol. The van der Waals surface area contributed by atoms with E-state index in [2.05, 4.69) is 36.5 Å². The summed E-state index contributed by atoms with van der Waals surface area (Å²) in [5.74, 6) is -0.349. The highest BCUT2D eigenvalue weighted by molar-refractivity contribution is 5.76. The molecule has 1 amide bonds. The molecule has 3 aliphatic rings. The number of carbonyl (C=O) groups is 1. The summed E-state index contributed by atoms with van der Waals surface area (Å²) in [6.45, 7) is 1.21. The average Bonchev–Trinajstić information content (AvgIpc) is 3.24. The Kier molecular flexibility index (Phi) is 24.4. The van der Waals surface area contributed by atoms with Gasteiger partial charge in [0.15, 0.2) is 18.9 Å². The molecule has 17 unspecified atom stereocenters. The van der Waals surface area contributed by atoms with Crippen LogP contribution in [0.4, 0.5) is 0 Å². The Labute approximate surface area is 351 Å². The van der Waals surface area contributed by atoms with Crippen LogP contribution in [0.3, 0.4) is 0 Å². The number of aliphatic hydroxyl groups is 11. The molecular weight excluding hydrogens is 794 g/mol. The lowest BCUT2D eigenvalue weighted by Gasteiger charge is -2.48. The Hall–Kier alpha value is -1.99. The van der Waals surface area contributed by atoms with E-state index in [1.807, 2.05) is 6.92 Å². The Bertz CT molecular complexity index is 1270. The Morgan fingerprint density at radius 3 is 1.60 bits per heavy atom. The third-order valence-electron chi connectivity index (χ3n) is 10.6. The monoisotopic (exact) mass is 865 g/mol. The fourth-order valence-corrected chi connectivity index (χ4v) is 7.03. The molecular formula is C41H71NO18. The molecule has 0 aliphatic carbocycles. The first-order valence-corrected chi connectivity index (χ1v) is 21.2. The van der Waals surface area contributed by atoms with Crippen molar-refractivity contribution in [3.8, 4) is 0 Å². The second-order valence-corrected chi connectivity index (χ2v) is 15.4. The largest absolute Gasteiger partial charge is 0.394 e. The number of rotatable bonds is 26. The van der Waals surface area contributed by atoms with Crippen molar-refractivity contribution in [2.45, 2.75) is 189 Å². The first kappa shape index (κ1) is 52.4. The lowest BCUT2D eigenvalue weighted by molar-refractivity contribution is -0.379. The van der Waals surface area contributed by atoms with Gasteiger partial charge < -0.3 is 89.9 Å². The van der Waals surface area contributed by atoms with Crippen molar-refractivity contribution >= 4 is 5.91 Å². The molecule has 0 radical (unpaired) electrons. The van der Waals surface area contributed by atoms with Crippen LogP contribution in [0.1, 0.15) is 84.5 Å². The third kappa shape index (κ3) is 15.7. The van der Waals surface area contributed by atoms with E-state index in [4.69, 9.17) is 28.4 Å². The Morgan fingerprint density at radius 1 is 0.583 bits per heavy atom. The van der Waals surface area contributed by atoms with Gasteiger partial charge in [0.2, 0.25) is 5.91 Å². The number of nitrogens with one attached hydrogen (secondary N) is 1. The summed E-state index contributed by atoms with van der Waals surface area (Å²) in [5, 5.41) is 118. The molecule has 3 heterocycles. The second kappa shape index (κ2) is 27.9. The predicted octanol–water partition coefficient (Wildman–Crippen LogP) is -1.70. The smallest absolute Gasteiger partial charge is 0.220 e. The fourth-order valence-electron chi connectivity index (χ4n) is 7.03. The molecule has 12 N–H and O–H groups in total. The van der Waals surface area contributed by atoms with E-state index in [0.717, 1.165) is 25.7 Å². The van der Waals surface area contributed by atoms with E-state index >= 15 is 0 Å². The van der Waals surface area contributed by atoms with Crippen LogP contribution < -0.4 is 5.32 Å². The number of amides is 1.